The average molecular weight is 475 g/mol. The molecule has 2 fully saturated rings. The van der Waals surface area contributed by atoms with Crippen molar-refractivity contribution in [2.24, 2.45) is 0 Å². The van der Waals surface area contributed by atoms with E-state index < -0.39 is 5.60 Å². The fourth-order valence-electron chi connectivity index (χ4n) is 5.59. The van der Waals surface area contributed by atoms with E-state index in [-0.39, 0.29) is 11.8 Å². The molecule has 2 amide bonds. The van der Waals surface area contributed by atoms with E-state index in [9.17, 15) is 14.7 Å². The molecule has 6 heteroatoms. The number of rotatable bonds is 4. The van der Waals surface area contributed by atoms with Crippen molar-refractivity contribution < 1.29 is 19.1 Å². The molecule has 35 heavy (non-hydrogen) atoms. The summed E-state index contributed by atoms with van der Waals surface area (Å²) in [5.41, 5.74) is 1.84. The van der Waals surface area contributed by atoms with Gasteiger partial charge in [-0.1, -0.05) is 43.3 Å². The number of carbonyl (C=O) groups excluding carboxylic acids is 2. The molecule has 0 spiro atoms. The van der Waals surface area contributed by atoms with E-state index in [1.54, 1.807) is 6.07 Å². The maximum atomic E-state index is 13.3. The zero-order valence-corrected chi connectivity index (χ0v) is 20.4. The Balaban J connectivity index is 1.28. The normalized spacial score (nSPS) is 20.6. The van der Waals surface area contributed by atoms with Gasteiger partial charge in [-0.25, -0.2) is 0 Å². The van der Waals surface area contributed by atoms with E-state index >= 15 is 0 Å². The van der Waals surface area contributed by atoms with E-state index in [1.165, 1.54) is 5.56 Å². The fraction of sp³-hybridized carbons (Fsp3) is 0.448. The number of hydrogen-bond donors (Lipinski definition) is 1. The third kappa shape index (κ3) is 4.85. The van der Waals surface area contributed by atoms with Crippen molar-refractivity contribution in [1.82, 2.24) is 9.80 Å². The second kappa shape index (κ2) is 9.86. The van der Waals surface area contributed by atoms with Crippen LogP contribution in [0.3, 0.4) is 0 Å². The third-order valence-electron chi connectivity index (χ3n) is 7.80. The topological polar surface area (TPSA) is 74.0 Å². The van der Waals surface area contributed by atoms with Crippen LogP contribution in [0.2, 0.25) is 0 Å². The molecule has 6 nitrogen and oxygen atoms in total. The Morgan fingerprint density at radius 2 is 1.74 bits per heavy atom. The largest absolute Gasteiger partial charge is 0.451 e. The minimum atomic E-state index is -0.975. The van der Waals surface area contributed by atoms with Gasteiger partial charge < -0.3 is 19.3 Å². The van der Waals surface area contributed by atoms with Crippen LogP contribution in [0.1, 0.15) is 73.0 Å². The van der Waals surface area contributed by atoms with Crippen LogP contribution in [0.15, 0.2) is 59.0 Å². The Bertz CT molecular complexity index is 1190. The first-order valence-electron chi connectivity index (χ1n) is 12.9. The van der Waals surface area contributed by atoms with Gasteiger partial charge in [-0.3, -0.25) is 9.59 Å². The number of amides is 2. The Morgan fingerprint density at radius 1 is 0.971 bits per heavy atom. The van der Waals surface area contributed by atoms with Gasteiger partial charge in [-0.2, -0.15) is 0 Å². The van der Waals surface area contributed by atoms with Gasteiger partial charge in [0.2, 0.25) is 5.91 Å². The molecule has 1 N–H and O–H groups in total. The first-order valence-corrected chi connectivity index (χ1v) is 12.9. The summed E-state index contributed by atoms with van der Waals surface area (Å²) < 4.78 is 5.95. The maximum Gasteiger partial charge on any atom is 0.289 e. The lowest BCUT2D eigenvalue weighted by Gasteiger charge is -2.38. The number of piperidine rings is 1. The zero-order chi connectivity index (χ0) is 24.4. The highest BCUT2D eigenvalue weighted by Gasteiger charge is 2.35. The van der Waals surface area contributed by atoms with Gasteiger partial charge >= 0.3 is 0 Å². The van der Waals surface area contributed by atoms with Crippen molar-refractivity contribution in [2.75, 3.05) is 26.2 Å². The van der Waals surface area contributed by atoms with Crippen LogP contribution in [0, 0.1) is 0 Å². The number of likely N-dealkylation sites (tertiary alicyclic amines) is 2. The van der Waals surface area contributed by atoms with Crippen LogP contribution in [0.5, 0.6) is 0 Å². The molecule has 2 aromatic carbocycles. The van der Waals surface area contributed by atoms with Crippen LogP contribution in [0.4, 0.5) is 0 Å². The number of fused-ring (bicyclic) bond motifs is 1. The highest BCUT2D eigenvalue weighted by atomic mass is 16.3. The molecular formula is C29H34N2O4. The van der Waals surface area contributed by atoms with Crippen molar-refractivity contribution in [3.8, 4) is 0 Å². The van der Waals surface area contributed by atoms with Gasteiger partial charge in [0, 0.05) is 38.0 Å². The second-order valence-electron chi connectivity index (χ2n) is 9.96. The van der Waals surface area contributed by atoms with E-state index in [0.29, 0.717) is 56.2 Å². The van der Waals surface area contributed by atoms with E-state index in [0.717, 1.165) is 36.8 Å². The van der Waals surface area contributed by atoms with Crippen LogP contribution in [-0.2, 0) is 10.4 Å². The van der Waals surface area contributed by atoms with Gasteiger partial charge in [-0.15, -0.1) is 0 Å². The Morgan fingerprint density at radius 3 is 2.49 bits per heavy atom. The number of hydrogen-bond acceptors (Lipinski definition) is 4. The summed E-state index contributed by atoms with van der Waals surface area (Å²) in [5.74, 6) is 0.892. The Kier molecular flexibility index (Phi) is 6.65. The Hall–Kier alpha value is -3.12. The molecule has 5 rings (SSSR count). The minimum Gasteiger partial charge on any atom is -0.451 e. The molecule has 1 aromatic heterocycles. The van der Waals surface area contributed by atoms with Crippen molar-refractivity contribution in [3.63, 3.8) is 0 Å². The standard InChI is InChI=1S/C29H34N2O4/c1-2-27(32)30-17-13-29(34,14-18-30)24-10-11-25-23(19-24)20-26(35-25)28(33)31-15-6-9-22(12-16-31)21-7-4-3-5-8-21/h3-5,7-8,10-11,19-20,22,34H,2,6,9,12-18H2,1H3. The van der Waals surface area contributed by atoms with Crippen LogP contribution in [-0.4, -0.2) is 52.9 Å². The molecule has 1 atom stereocenters. The second-order valence-corrected chi connectivity index (χ2v) is 9.96. The number of aliphatic hydroxyl groups is 1. The van der Waals surface area contributed by atoms with Crippen molar-refractivity contribution in [2.45, 2.75) is 57.0 Å². The van der Waals surface area contributed by atoms with Gasteiger partial charge in [0.05, 0.1) is 5.60 Å². The number of nitrogens with zero attached hydrogens (tertiary/aromatic N) is 2. The molecule has 0 saturated carbocycles. The monoisotopic (exact) mass is 474 g/mol. The molecule has 0 aliphatic carbocycles. The lowest BCUT2D eigenvalue weighted by Crippen LogP contribution is -2.44. The molecule has 2 aliphatic rings. The van der Waals surface area contributed by atoms with E-state index in [1.807, 2.05) is 41.0 Å². The minimum absolute atomic E-state index is 0.0680. The summed E-state index contributed by atoms with van der Waals surface area (Å²) in [7, 11) is 0. The molecule has 1 unspecified atom stereocenters. The quantitative estimate of drug-likeness (QED) is 0.573. The first-order chi connectivity index (χ1) is 17.0. The Labute approximate surface area is 206 Å². The summed E-state index contributed by atoms with van der Waals surface area (Å²) in [6.45, 7) is 4.41. The van der Waals surface area contributed by atoms with Gasteiger partial charge in [0.1, 0.15) is 5.58 Å². The third-order valence-corrected chi connectivity index (χ3v) is 7.80. The molecule has 3 heterocycles. The van der Waals surface area contributed by atoms with Crippen molar-refractivity contribution in [3.05, 3.63) is 71.5 Å². The molecule has 0 bridgehead atoms. The lowest BCUT2D eigenvalue weighted by molar-refractivity contribution is -0.135. The predicted octanol–water partition coefficient (Wildman–Crippen LogP) is 5.06. The van der Waals surface area contributed by atoms with E-state index in [4.69, 9.17) is 4.42 Å². The molecular weight excluding hydrogens is 440 g/mol. The number of benzene rings is 2. The lowest BCUT2D eigenvalue weighted by atomic mass is 9.84. The van der Waals surface area contributed by atoms with Crippen LogP contribution < -0.4 is 0 Å². The summed E-state index contributed by atoms with van der Waals surface area (Å²) in [4.78, 5) is 29.0. The SMILES string of the molecule is CCC(=O)N1CCC(O)(c2ccc3oc(C(=O)N4CCCC(c5ccccc5)CC4)cc3c2)CC1. The summed E-state index contributed by atoms with van der Waals surface area (Å²) in [6.07, 6.45) is 4.50. The van der Waals surface area contributed by atoms with Crippen LogP contribution >= 0.6 is 0 Å². The zero-order valence-electron chi connectivity index (χ0n) is 20.4. The summed E-state index contributed by atoms with van der Waals surface area (Å²) >= 11 is 0. The highest BCUT2D eigenvalue weighted by Crippen LogP contribution is 2.35. The molecule has 3 aromatic rings. The smallest absolute Gasteiger partial charge is 0.289 e. The van der Waals surface area contributed by atoms with Gasteiger partial charge in [0.25, 0.3) is 5.91 Å². The summed E-state index contributed by atoms with van der Waals surface area (Å²) in [6, 6.07) is 18.0. The molecule has 0 radical (unpaired) electrons. The van der Waals surface area contributed by atoms with Crippen LogP contribution in [0.25, 0.3) is 11.0 Å². The van der Waals surface area contributed by atoms with Crippen molar-refractivity contribution in [1.29, 1.82) is 0 Å². The molecule has 2 saturated heterocycles. The summed E-state index contributed by atoms with van der Waals surface area (Å²) in [5, 5.41) is 12.1. The molecule has 184 valence electrons. The van der Waals surface area contributed by atoms with Gasteiger partial charge in [-0.05, 0) is 67.3 Å². The number of carbonyl (C=O) groups is 2. The van der Waals surface area contributed by atoms with E-state index in [2.05, 4.69) is 24.3 Å². The maximum absolute atomic E-state index is 13.3. The predicted molar refractivity (Wildman–Crippen MR) is 135 cm³/mol. The van der Waals surface area contributed by atoms with Gasteiger partial charge in [0.15, 0.2) is 5.76 Å². The molecule has 2 aliphatic heterocycles. The first kappa shape index (κ1) is 23.6. The highest BCUT2D eigenvalue weighted by molar-refractivity contribution is 5.96. The van der Waals surface area contributed by atoms with Crippen molar-refractivity contribution >= 4 is 22.8 Å². The number of furan rings is 1. The average Bonchev–Trinajstić information content (AvgIpc) is 3.17. The fourth-order valence-corrected chi connectivity index (χ4v) is 5.59.